The molecule has 1 amide bonds. The molecule has 21 heavy (non-hydrogen) atoms. The number of amides is 1. The highest BCUT2D eigenvalue weighted by Gasteiger charge is 2.30. The lowest BCUT2D eigenvalue weighted by atomic mass is 9.93. The molecule has 2 aliphatic rings. The minimum atomic E-state index is -3.78. The minimum Gasteiger partial charge on any atom is -0.340 e. The first kappa shape index (κ1) is 14.6. The Kier molecular flexibility index (Phi) is 3.57. The predicted molar refractivity (Wildman–Crippen MR) is 78.4 cm³/mol. The predicted octanol–water partition coefficient (Wildman–Crippen LogP) is 1.34. The fourth-order valence-electron chi connectivity index (χ4n) is 2.71. The molecule has 1 aromatic heterocycles. The van der Waals surface area contributed by atoms with E-state index < -0.39 is 10.0 Å². The van der Waals surface area contributed by atoms with Crippen LogP contribution < -0.4 is 5.14 Å². The summed E-state index contributed by atoms with van der Waals surface area (Å²) in [5.41, 5.74) is 0.437. The SMILES string of the molecule is CN(CC1CC1)C(=O)c1cc(S(N)(=O)=O)cn1C1CCC1. The average molecular weight is 311 g/mol. The Morgan fingerprint density at radius 3 is 2.52 bits per heavy atom. The second kappa shape index (κ2) is 5.14. The third kappa shape index (κ3) is 2.98. The van der Waals surface area contributed by atoms with Crippen molar-refractivity contribution in [2.45, 2.75) is 43.0 Å². The lowest BCUT2D eigenvalue weighted by molar-refractivity contribution is 0.0772. The van der Waals surface area contributed by atoms with E-state index in [2.05, 4.69) is 0 Å². The van der Waals surface area contributed by atoms with E-state index in [1.54, 1.807) is 16.5 Å². The first-order valence-corrected chi connectivity index (χ1v) is 8.91. The van der Waals surface area contributed by atoms with Crippen molar-refractivity contribution in [2.24, 2.45) is 11.1 Å². The van der Waals surface area contributed by atoms with Gasteiger partial charge >= 0.3 is 0 Å². The van der Waals surface area contributed by atoms with Crippen molar-refractivity contribution < 1.29 is 13.2 Å². The van der Waals surface area contributed by atoms with Crippen molar-refractivity contribution in [1.29, 1.82) is 0 Å². The van der Waals surface area contributed by atoms with Gasteiger partial charge in [0.2, 0.25) is 10.0 Å². The van der Waals surface area contributed by atoms with Crippen molar-refractivity contribution in [2.75, 3.05) is 13.6 Å². The number of sulfonamides is 1. The van der Waals surface area contributed by atoms with Crippen LogP contribution in [0, 0.1) is 5.92 Å². The van der Waals surface area contributed by atoms with Gasteiger partial charge in [0.15, 0.2) is 0 Å². The van der Waals surface area contributed by atoms with E-state index in [0.29, 0.717) is 11.6 Å². The molecule has 3 rings (SSSR count). The van der Waals surface area contributed by atoms with Gasteiger partial charge < -0.3 is 9.47 Å². The third-order valence-corrected chi connectivity index (χ3v) is 5.30. The molecule has 2 N–H and O–H groups in total. The molecular weight excluding hydrogens is 290 g/mol. The number of nitrogens with two attached hydrogens (primary N) is 1. The number of hydrogen-bond acceptors (Lipinski definition) is 3. The topological polar surface area (TPSA) is 85.4 Å². The highest BCUT2D eigenvalue weighted by atomic mass is 32.2. The van der Waals surface area contributed by atoms with Crippen molar-refractivity contribution in [1.82, 2.24) is 9.47 Å². The maximum absolute atomic E-state index is 12.6. The van der Waals surface area contributed by atoms with E-state index in [1.807, 2.05) is 0 Å². The zero-order valence-corrected chi connectivity index (χ0v) is 13.0. The van der Waals surface area contributed by atoms with Crippen LogP contribution in [-0.4, -0.2) is 37.4 Å². The summed E-state index contributed by atoms with van der Waals surface area (Å²) in [6.07, 6.45) is 6.92. The highest BCUT2D eigenvalue weighted by Crippen LogP contribution is 2.35. The van der Waals surface area contributed by atoms with E-state index in [0.717, 1.165) is 25.8 Å². The molecule has 2 saturated carbocycles. The number of hydrogen-bond donors (Lipinski definition) is 1. The van der Waals surface area contributed by atoms with Gasteiger partial charge in [-0.3, -0.25) is 4.79 Å². The van der Waals surface area contributed by atoms with Gasteiger partial charge in [0, 0.05) is 25.8 Å². The minimum absolute atomic E-state index is 0.0255. The van der Waals surface area contributed by atoms with E-state index >= 15 is 0 Å². The Hall–Kier alpha value is -1.34. The molecule has 1 aromatic rings. The van der Waals surface area contributed by atoms with Gasteiger partial charge in [-0.15, -0.1) is 0 Å². The normalized spacial score (nSPS) is 19.3. The van der Waals surface area contributed by atoms with Crippen LogP contribution in [0.15, 0.2) is 17.2 Å². The largest absolute Gasteiger partial charge is 0.340 e. The Morgan fingerprint density at radius 2 is 2.05 bits per heavy atom. The average Bonchev–Trinajstić information content (AvgIpc) is 3.02. The van der Waals surface area contributed by atoms with Gasteiger partial charge in [-0.2, -0.15) is 0 Å². The van der Waals surface area contributed by atoms with Crippen LogP contribution in [0.25, 0.3) is 0 Å². The third-order valence-electron chi connectivity index (χ3n) is 4.41. The number of aromatic nitrogens is 1. The molecule has 2 fully saturated rings. The van der Waals surface area contributed by atoms with Crippen LogP contribution in [0.5, 0.6) is 0 Å². The van der Waals surface area contributed by atoms with E-state index in [9.17, 15) is 13.2 Å². The second-order valence-electron chi connectivity index (χ2n) is 6.23. The molecule has 0 aliphatic heterocycles. The maximum Gasteiger partial charge on any atom is 0.270 e. The number of carbonyl (C=O) groups excluding carboxylic acids is 1. The first-order valence-electron chi connectivity index (χ1n) is 7.36. The molecule has 0 spiro atoms. The van der Waals surface area contributed by atoms with E-state index in [1.165, 1.54) is 25.1 Å². The van der Waals surface area contributed by atoms with Gasteiger partial charge in [0.1, 0.15) is 10.6 Å². The molecule has 0 radical (unpaired) electrons. The summed E-state index contributed by atoms with van der Waals surface area (Å²) >= 11 is 0. The number of carbonyl (C=O) groups is 1. The van der Waals surface area contributed by atoms with Gasteiger partial charge in [-0.1, -0.05) is 0 Å². The Bertz CT molecular complexity index is 657. The van der Waals surface area contributed by atoms with Crippen molar-refractivity contribution in [3.63, 3.8) is 0 Å². The first-order chi connectivity index (χ1) is 9.86. The van der Waals surface area contributed by atoms with Crippen LogP contribution >= 0.6 is 0 Å². The summed E-state index contributed by atoms with van der Waals surface area (Å²) in [6, 6.07) is 1.63. The molecule has 2 aliphatic carbocycles. The lowest BCUT2D eigenvalue weighted by Crippen LogP contribution is -2.32. The smallest absolute Gasteiger partial charge is 0.270 e. The van der Waals surface area contributed by atoms with Crippen molar-refractivity contribution >= 4 is 15.9 Å². The van der Waals surface area contributed by atoms with Crippen LogP contribution in [-0.2, 0) is 10.0 Å². The second-order valence-corrected chi connectivity index (χ2v) is 7.79. The van der Waals surface area contributed by atoms with Gasteiger partial charge in [0.25, 0.3) is 5.91 Å². The van der Waals surface area contributed by atoms with Crippen molar-refractivity contribution in [3.8, 4) is 0 Å². The molecule has 6 nitrogen and oxygen atoms in total. The van der Waals surface area contributed by atoms with Gasteiger partial charge in [-0.25, -0.2) is 13.6 Å². The molecular formula is C14H21N3O3S. The molecule has 1 heterocycles. The summed E-state index contributed by atoms with van der Waals surface area (Å²) in [5.74, 6) is 0.479. The zero-order valence-electron chi connectivity index (χ0n) is 12.2. The summed E-state index contributed by atoms with van der Waals surface area (Å²) in [7, 11) is -2.01. The Morgan fingerprint density at radius 1 is 1.38 bits per heavy atom. The van der Waals surface area contributed by atoms with Crippen LogP contribution in [0.3, 0.4) is 0 Å². The fraction of sp³-hybridized carbons (Fsp3) is 0.643. The molecule has 0 saturated heterocycles. The summed E-state index contributed by atoms with van der Waals surface area (Å²) in [5, 5.41) is 5.20. The quantitative estimate of drug-likeness (QED) is 0.890. The molecule has 116 valence electrons. The highest BCUT2D eigenvalue weighted by molar-refractivity contribution is 7.89. The summed E-state index contributed by atoms with van der Waals surface area (Å²) in [6.45, 7) is 0.736. The number of nitrogens with zero attached hydrogens (tertiary/aromatic N) is 2. The van der Waals surface area contributed by atoms with E-state index in [-0.39, 0.29) is 16.8 Å². The zero-order chi connectivity index (χ0) is 15.2. The molecule has 0 unspecified atom stereocenters. The van der Waals surface area contributed by atoms with Gasteiger partial charge in [0.05, 0.1) is 0 Å². The van der Waals surface area contributed by atoms with E-state index in [4.69, 9.17) is 5.14 Å². The number of rotatable bonds is 5. The van der Waals surface area contributed by atoms with Crippen LogP contribution in [0.4, 0.5) is 0 Å². The summed E-state index contributed by atoms with van der Waals surface area (Å²) in [4.78, 5) is 14.3. The van der Waals surface area contributed by atoms with Gasteiger partial charge in [-0.05, 0) is 44.1 Å². The lowest BCUT2D eigenvalue weighted by Gasteiger charge is -2.29. The Labute approximate surface area is 125 Å². The molecule has 0 aromatic carbocycles. The van der Waals surface area contributed by atoms with Crippen LogP contribution in [0.1, 0.15) is 48.6 Å². The Balaban J connectivity index is 1.90. The molecule has 0 atom stereocenters. The fourth-order valence-corrected chi connectivity index (χ4v) is 3.25. The maximum atomic E-state index is 12.6. The van der Waals surface area contributed by atoms with Crippen LogP contribution in [0.2, 0.25) is 0 Å². The molecule has 0 bridgehead atoms. The standard InChI is InChI=1S/C14H21N3O3S/c1-16(8-10-5-6-10)14(18)13-7-12(21(15,19)20)9-17(13)11-3-2-4-11/h7,9-11H,2-6,8H2,1H3,(H2,15,19,20). The number of primary sulfonamides is 1. The summed E-state index contributed by atoms with van der Waals surface area (Å²) < 4.78 is 24.9. The molecule has 7 heteroatoms. The van der Waals surface area contributed by atoms with Crippen molar-refractivity contribution in [3.05, 3.63) is 18.0 Å². The monoisotopic (exact) mass is 311 g/mol.